The van der Waals surface area contributed by atoms with Crippen molar-refractivity contribution in [3.63, 3.8) is 0 Å². The Kier molecular flexibility index (Phi) is 6.70. The van der Waals surface area contributed by atoms with Crippen LogP contribution in [0.3, 0.4) is 0 Å². The van der Waals surface area contributed by atoms with E-state index < -0.39 is 0 Å². The predicted molar refractivity (Wildman–Crippen MR) is 92.1 cm³/mol. The van der Waals surface area contributed by atoms with Crippen molar-refractivity contribution < 1.29 is 9.47 Å². The summed E-state index contributed by atoms with van der Waals surface area (Å²) in [4.78, 5) is 2.63. The quantitative estimate of drug-likeness (QED) is 0.690. The number of hydrogen-bond donors (Lipinski definition) is 1. The Balaban J connectivity index is 1.85. The average Bonchev–Trinajstić information content (AvgIpc) is 2.81. The molecule has 21 heavy (non-hydrogen) atoms. The molecule has 0 fully saturated rings. The maximum atomic E-state index is 5.54. The maximum Gasteiger partial charge on any atom is 0.0718 e. The minimum atomic E-state index is 0.614. The second kappa shape index (κ2) is 8.54. The number of rotatable bonds is 8. The molecule has 3 nitrogen and oxygen atoms in total. The first-order valence-electron chi connectivity index (χ1n) is 6.83. The molecule has 0 radical (unpaired) electrons. The summed E-state index contributed by atoms with van der Waals surface area (Å²) in [6.45, 7) is 4.82. The Morgan fingerprint density at radius 2 is 2.10 bits per heavy atom. The lowest BCUT2D eigenvalue weighted by Gasteiger charge is -2.08. The van der Waals surface area contributed by atoms with Crippen molar-refractivity contribution in [1.82, 2.24) is 0 Å². The molecule has 2 rings (SSSR count). The van der Waals surface area contributed by atoms with Crippen LogP contribution in [0.4, 0.5) is 5.69 Å². The van der Waals surface area contributed by atoms with E-state index >= 15 is 0 Å². The maximum absolute atomic E-state index is 5.54. The Morgan fingerprint density at radius 1 is 1.24 bits per heavy atom. The molecule has 0 amide bonds. The number of thiophene rings is 1. The van der Waals surface area contributed by atoms with Gasteiger partial charge in [0.05, 0.1) is 19.8 Å². The van der Waals surface area contributed by atoms with Crippen LogP contribution in [0.25, 0.3) is 0 Å². The zero-order valence-corrected chi connectivity index (χ0v) is 14.7. The molecule has 2 aromatic rings. The minimum Gasteiger partial charge on any atom is -0.382 e. The number of ether oxygens (including phenoxy) is 2. The van der Waals surface area contributed by atoms with Crippen molar-refractivity contribution >= 4 is 33.0 Å². The van der Waals surface area contributed by atoms with E-state index in [0.29, 0.717) is 19.8 Å². The summed E-state index contributed by atoms with van der Waals surface area (Å²) in [5, 5.41) is 3.45. The predicted octanol–water partition coefficient (Wildman–Crippen LogP) is 4.59. The molecule has 0 atom stereocenters. The smallest absolute Gasteiger partial charge is 0.0718 e. The van der Waals surface area contributed by atoms with Gasteiger partial charge < -0.3 is 14.8 Å². The third kappa shape index (κ3) is 5.43. The van der Waals surface area contributed by atoms with Crippen molar-refractivity contribution in [3.05, 3.63) is 50.1 Å². The molecule has 0 saturated carbocycles. The third-order valence-electron chi connectivity index (χ3n) is 3.00. The molecule has 0 aliphatic rings. The first kappa shape index (κ1) is 16.5. The fourth-order valence-corrected chi connectivity index (χ4v) is 3.44. The molecule has 1 aromatic heterocycles. The summed E-state index contributed by atoms with van der Waals surface area (Å²) in [6, 6.07) is 10.5. The lowest BCUT2D eigenvalue weighted by Crippen LogP contribution is -2.02. The second-order valence-corrected chi connectivity index (χ2v) is 6.91. The molecule has 0 bridgehead atoms. The van der Waals surface area contributed by atoms with E-state index in [9.17, 15) is 0 Å². The number of aryl methyl sites for hydroxylation is 1. The summed E-state index contributed by atoms with van der Waals surface area (Å²) < 4.78 is 11.7. The summed E-state index contributed by atoms with van der Waals surface area (Å²) >= 11 is 5.36. The monoisotopic (exact) mass is 369 g/mol. The molecule has 0 unspecified atom stereocenters. The van der Waals surface area contributed by atoms with Gasteiger partial charge in [0.25, 0.3) is 0 Å². The van der Waals surface area contributed by atoms with Crippen molar-refractivity contribution in [1.29, 1.82) is 0 Å². The third-order valence-corrected chi connectivity index (χ3v) is 5.14. The summed E-state index contributed by atoms with van der Waals surface area (Å²) in [7, 11) is 1.68. The van der Waals surface area contributed by atoms with Crippen LogP contribution in [-0.2, 0) is 22.6 Å². The highest BCUT2D eigenvalue weighted by Crippen LogP contribution is 2.27. The second-order valence-electron chi connectivity index (χ2n) is 4.72. The Bertz CT molecular complexity index is 552. The van der Waals surface area contributed by atoms with Gasteiger partial charge in [0, 0.05) is 33.6 Å². The van der Waals surface area contributed by atoms with E-state index in [1.165, 1.54) is 19.8 Å². The van der Waals surface area contributed by atoms with E-state index in [0.717, 1.165) is 12.2 Å². The van der Waals surface area contributed by atoms with Gasteiger partial charge in [0.15, 0.2) is 0 Å². The first-order valence-corrected chi connectivity index (χ1v) is 8.44. The normalized spacial score (nSPS) is 10.8. The highest BCUT2D eigenvalue weighted by Gasteiger charge is 2.03. The molecule has 0 spiro atoms. The zero-order chi connectivity index (χ0) is 15.1. The fraction of sp³-hybridized carbons (Fsp3) is 0.375. The van der Waals surface area contributed by atoms with Crippen LogP contribution < -0.4 is 5.32 Å². The number of halogens is 1. The van der Waals surface area contributed by atoms with Crippen LogP contribution in [0.1, 0.15) is 15.3 Å². The first-order chi connectivity index (χ1) is 10.2. The number of methoxy groups -OCH3 is 1. The van der Waals surface area contributed by atoms with Crippen molar-refractivity contribution in [2.75, 3.05) is 25.6 Å². The Morgan fingerprint density at radius 3 is 2.81 bits per heavy atom. The van der Waals surface area contributed by atoms with Crippen molar-refractivity contribution in [2.24, 2.45) is 0 Å². The van der Waals surface area contributed by atoms with E-state index in [-0.39, 0.29) is 0 Å². The van der Waals surface area contributed by atoms with Gasteiger partial charge >= 0.3 is 0 Å². The van der Waals surface area contributed by atoms with E-state index in [1.54, 1.807) is 7.11 Å². The molecule has 1 aromatic carbocycles. The lowest BCUT2D eigenvalue weighted by atomic mass is 10.2. The van der Waals surface area contributed by atoms with Gasteiger partial charge in [-0.3, -0.25) is 0 Å². The molecular formula is C16H20BrNO2S. The van der Waals surface area contributed by atoms with Crippen LogP contribution in [0.2, 0.25) is 0 Å². The molecular weight excluding hydrogens is 350 g/mol. The fourth-order valence-electron chi connectivity index (χ4n) is 1.90. The molecule has 0 saturated heterocycles. The Labute approximate surface area is 138 Å². The number of nitrogens with one attached hydrogen (secondary N) is 1. The largest absolute Gasteiger partial charge is 0.382 e. The van der Waals surface area contributed by atoms with Gasteiger partial charge in [-0.05, 0) is 46.6 Å². The SMILES string of the molecule is COCCOCc1cccc(NCc2cc(Br)c(C)s2)c1. The van der Waals surface area contributed by atoms with Crippen LogP contribution in [0, 0.1) is 6.92 Å². The van der Waals surface area contributed by atoms with Crippen molar-refractivity contribution in [3.8, 4) is 0 Å². The molecule has 1 N–H and O–H groups in total. The van der Waals surface area contributed by atoms with Crippen LogP contribution in [0.15, 0.2) is 34.8 Å². The molecule has 114 valence electrons. The molecule has 5 heteroatoms. The van der Waals surface area contributed by atoms with Crippen molar-refractivity contribution in [2.45, 2.75) is 20.1 Å². The van der Waals surface area contributed by atoms with Crippen LogP contribution >= 0.6 is 27.3 Å². The van der Waals surface area contributed by atoms with Gasteiger partial charge in [0.1, 0.15) is 0 Å². The summed E-state index contributed by atoms with van der Waals surface area (Å²) in [5.74, 6) is 0. The lowest BCUT2D eigenvalue weighted by molar-refractivity contribution is 0.0617. The minimum absolute atomic E-state index is 0.614. The van der Waals surface area contributed by atoms with Gasteiger partial charge in [-0.25, -0.2) is 0 Å². The average molecular weight is 370 g/mol. The van der Waals surface area contributed by atoms with Gasteiger partial charge in [-0.1, -0.05) is 12.1 Å². The van der Waals surface area contributed by atoms with Gasteiger partial charge in [-0.2, -0.15) is 0 Å². The van der Waals surface area contributed by atoms with Crippen LogP contribution in [-0.4, -0.2) is 20.3 Å². The van der Waals surface area contributed by atoms with Gasteiger partial charge in [-0.15, -0.1) is 11.3 Å². The highest BCUT2D eigenvalue weighted by molar-refractivity contribution is 9.10. The number of anilines is 1. The van der Waals surface area contributed by atoms with Gasteiger partial charge in [0.2, 0.25) is 0 Å². The van der Waals surface area contributed by atoms with E-state index in [2.05, 4.69) is 52.4 Å². The zero-order valence-electron chi connectivity index (χ0n) is 12.3. The Hall–Kier alpha value is -0.880. The van der Waals surface area contributed by atoms with E-state index in [1.807, 2.05) is 17.4 Å². The topological polar surface area (TPSA) is 30.5 Å². The number of benzene rings is 1. The summed E-state index contributed by atoms with van der Waals surface area (Å²) in [6.07, 6.45) is 0. The van der Waals surface area contributed by atoms with E-state index in [4.69, 9.17) is 9.47 Å². The standard InChI is InChI=1S/C16H20BrNO2S/c1-12-16(17)9-15(21-12)10-18-14-5-3-4-13(8-14)11-20-7-6-19-2/h3-5,8-9,18H,6-7,10-11H2,1-2H3. The highest BCUT2D eigenvalue weighted by atomic mass is 79.9. The molecule has 0 aliphatic heterocycles. The number of hydrogen-bond acceptors (Lipinski definition) is 4. The summed E-state index contributed by atoms with van der Waals surface area (Å²) in [5.41, 5.74) is 2.28. The van der Waals surface area contributed by atoms with Crippen LogP contribution in [0.5, 0.6) is 0 Å². The molecule has 0 aliphatic carbocycles. The molecule has 1 heterocycles.